The first-order valence-corrected chi connectivity index (χ1v) is 7.32. The van der Waals surface area contributed by atoms with Crippen LogP contribution in [-0.4, -0.2) is 17.0 Å². The topological polar surface area (TPSA) is 66.4 Å². The van der Waals surface area contributed by atoms with Gasteiger partial charge in [0.05, 0.1) is 17.9 Å². The number of hydrogen-bond acceptors (Lipinski definition) is 3. The minimum absolute atomic E-state index is 0.0625. The molecule has 19 heavy (non-hydrogen) atoms. The van der Waals surface area contributed by atoms with Crippen molar-refractivity contribution >= 4 is 23.2 Å². The van der Waals surface area contributed by atoms with Gasteiger partial charge in [0.2, 0.25) is 5.91 Å². The van der Waals surface area contributed by atoms with Gasteiger partial charge in [-0.2, -0.15) is 0 Å². The maximum Gasteiger partial charge on any atom is 0.307 e. The number of thiophene rings is 1. The molecule has 4 nitrogen and oxygen atoms in total. The first-order valence-electron chi connectivity index (χ1n) is 6.50. The number of amides is 1. The molecule has 1 amide bonds. The highest BCUT2D eigenvalue weighted by molar-refractivity contribution is 7.12. The molecule has 5 heteroatoms. The van der Waals surface area contributed by atoms with Crippen molar-refractivity contribution in [2.24, 2.45) is 11.8 Å². The molecule has 3 unspecified atom stereocenters. The summed E-state index contributed by atoms with van der Waals surface area (Å²) < 4.78 is 0. The van der Waals surface area contributed by atoms with Crippen LogP contribution in [0.1, 0.15) is 41.1 Å². The highest BCUT2D eigenvalue weighted by Gasteiger charge is 2.41. The van der Waals surface area contributed by atoms with Crippen LogP contribution in [0.25, 0.3) is 0 Å². The Labute approximate surface area is 116 Å². The van der Waals surface area contributed by atoms with Gasteiger partial charge >= 0.3 is 5.97 Å². The van der Waals surface area contributed by atoms with Crippen LogP contribution in [0.5, 0.6) is 0 Å². The van der Waals surface area contributed by atoms with Gasteiger partial charge in [0.1, 0.15) is 0 Å². The third-order valence-corrected chi connectivity index (χ3v) is 4.81. The summed E-state index contributed by atoms with van der Waals surface area (Å²) in [4.78, 5) is 25.4. The SMILES string of the molecule is Cc1cc(C(C)NC(=O)C2CCC2C(=O)O)c(C)s1. The van der Waals surface area contributed by atoms with E-state index in [9.17, 15) is 9.59 Å². The molecule has 1 saturated carbocycles. The number of carbonyl (C=O) groups is 2. The summed E-state index contributed by atoms with van der Waals surface area (Å²) in [6.45, 7) is 6.03. The summed E-state index contributed by atoms with van der Waals surface area (Å²) in [6, 6.07) is 2.02. The Morgan fingerprint density at radius 3 is 2.42 bits per heavy atom. The molecule has 0 spiro atoms. The number of rotatable bonds is 4. The molecule has 1 heterocycles. The lowest BCUT2D eigenvalue weighted by Gasteiger charge is -2.33. The van der Waals surface area contributed by atoms with Gasteiger partial charge in [0, 0.05) is 9.75 Å². The second-order valence-electron chi connectivity index (χ2n) is 5.23. The first-order chi connectivity index (χ1) is 8.90. The van der Waals surface area contributed by atoms with Gasteiger partial charge < -0.3 is 10.4 Å². The van der Waals surface area contributed by atoms with Crippen molar-refractivity contribution in [2.75, 3.05) is 0 Å². The Morgan fingerprint density at radius 1 is 1.37 bits per heavy atom. The van der Waals surface area contributed by atoms with Crippen LogP contribution in [0, 0.1) is 25.7 Å². The Bertz CT molecular complexity index is 509. The molecule has 0 saturated heterocycles. The average molecular weight is 281 g/mol. The maximum atomic E-state index is 12.1. The minimum atomic E-state index is -0.860. The Morgan fingerprint density at radius 2 is 2.00 bits per heavy atom. The lowest BCUT2D eigenvalue weighted by Crippen LogP contribution is -2.44. The molecule has 2 rings (SSSR count). The predicted octanol–water partition coefficient (Wildman–Crippen LogP) is 2.65. The predicted molar refractivity (Wildman–Crippen MR) is 74.2 cm³/mol. The number of nitrogens with one attached hydrogen (secondary N) is 1. The highest BCUT2D eigenvalue weighted by atomic mass is 32.1. The van der Waals surface area contributed by atoms with Gasteiger partial charge in [-0.25, -0.2) is 0 Å². The summed E-state index contributed by atoms with van der Waals surface area (Å²) in [5, 5.41) is 11.9. The molecule has 2 N–H and O–H groups in total. The molecule has 0 radical (unpaired) electrons. The van der Waals surface area contributed by atoms with E-state index >= 15 is 0 Å². The number of aliphatic carboxylic acids is 1. The molecule has 0 aromatic carbocycles. The van der Waals surface area contributed by atoms with Crippen molar-refractivity contribution in [3.05, 3.63) is 21.4 Å². The molecule has 3 atom stereocenters. The minimum Gasteiger partial charge on any atom is -0.481 e. The zero-order valence-corrected chi connectivity index (χ0v) is 12.2. The van der Waals surface area contributed by atoms with Gasteiger partial charge in [-0.15, -0.1) is 11.3 Å². The van der Waals surface area contributed by atoms with Gasteiger partial charge in [-0.1, -0.05) is 0 Å². The lowest BCUT2D eigenvalue weighted by atomic mass is 9.73. The van der Waals surface area contributed by atoms with E-state index in [-0.39, 0.29) is 17.9 Å². The van der Waals surface area contributed by atoms with Gasteiger partial charge in [0.25, 0.3) is 0 Å². The maximum absolute atomic E-state index is 12.1. The lowest BCUT2D eigenvalue weighted by molar-refractivity contribution is -0.152. The van der Waals surface area contributed by atoms with Crippen molar-refractivity contribution in [1.82, 2.24) is 5.32 Å². The van der Waals surface area contributed by atoms with E-state index in [1.807, 2.05) is 20.8 Å². The quantitative estimate of drug-likeness (QED) is 0.891. The van der Waals surface area contributed by atoms with E-state index in [1.54, 1.807) is 11.3 Å². The molecule has 1 fully saturated rings. The zero-order valence-electron chi connectivity index (χ0n) is 11.4. The Kier molecular flexibility index (Phi) is 3.94. The fourth-order valence-electron chi connectivity index (χ4n) is 2.59. The second kappa shape index (κ2) is 5.33. The van der Waals surface area contributed by atoms with Crippen LogP contribution >= 0.6 is 11.3 Å². The normalized spacial score (nSPS) is 23.5. The number of carboxylic acids is 1. The first kappa shape index (κ1) is 14.1. The molecular weight excluding hydrogens is 262 g/mol. The number of aryl methyl sites for hydroxylation is 2. The number of hydrogen-bond donors (Lipinski definition) is 2. The van der Waals surface area contributed by atoms with Crippen LogP contribution in [0.3, 0.4) is 0 Å². The number of carbonyl (C=O) groups excluding carboxylic acids is 1. The largest absolute Gasteiger partial charge is 0.481 e. The van der Waals surface area contributed by atoms with Crippen molar-refractivity contribution < 1.29 is 14.7 Å². The summed E-state index contributed by atoms with van der Waals surface area (Å²) in [7, 11) is 0. The monoisotopic (exact) mass is 281 g/mol. The second-order valence-corrected chi connectivity index (χ2v) is 6.69. The van der Waals surface area contributed by atoms with Crippen molar-refractivity contribution in [1.29, 1.82) is 0 Å². The zero-order chi connectivity index (χ0) is 14.2. The van der Waals surface area contributed by atoms with Crippen LogP contribution in [0.4, 0.5) is 0 Å². The van der Waals surface area contributed by atoms with E-state index in [0.29, 0.717) is 12.8 Å². The van der Waals surface area contributed by atoms with Crippen LogP contribution in [0.2, 0.25) is 0 Å². The van der Waals surface area contributed by atoms with Gasteiger partial charge in [-0.3, -0.25) is 9.59 Å². The van der Waals surface area contributed by atoms with Gasteiger partial charge in [0.15, 0.2) is 0 Å². The van der Waals surface area contributed by atoms with Crippen molar-refractivity contribution in [3.63, 3.8) is 0 Å². The molecule has 1 aromatic rings. The molecule has 104 valence electrons. The molecule has 1 aliphatic carbocycles. The van der Waals surface area contributed by atoms with E-state index < -0.39 is 11.9 Å². The van der Waals surface area contributed by atoms with E-state index in [2.05, 4.69) is 11.4 Å². The summed E-state index contributed by atoms with van der Waals surface area (Å²) in [6.07, 6.45) is 1.29. The standard InChI is InChI=1S/C14H19NO3S/c1-7-6-12(9(3)19-7)8(2)15-13(16)10-4-5-11(10)14(17)18/h6,8,10-11H,4-5H2,1-3H3,(H,15,16)(H,17,18). The summed E-state index contributed by atoms with van der Waals surface area (Å²) >= 11 is 1.71. The molecule has 0 bridgehead atoms. The molecule has 1 aromatic heterocycles. The van der Waals surface area contributed by atoms with Crippen molar-refractivity contribution in [3.8, 4) is 0 Å². The Hall–Kier alpha value is -1.36. The summed E-state index contributed by atoms with van der Waals surface area (Å²) in [5.41, 5.74) is 1.13. The molecule has 1 aliphatic rings. The third-order valence-electron chi connectivity index (χ3n) is 3.83. The van der Waals surface area contributed by atoms with Crippen LogP contribution in [0.15, 0.2) is 6.07 Å². The number of carboxylic acid groups (broad SMARTS) is 1. The van der Waals surface area contributed by atoms with Crippen molar-refractivity contribution in [2.45, 2.75) is 39.7 Å². The summed E-state index contributed by atoms with van der Waals surface area (Å²) in [5.74, 6) is -1.85. The van der Waals surface area contributed by atoms with Crippen LogP contribution < -0.4 is 5.32 Å². The fraction of sp³-hybridized carbons (Fsp3) is 0.571. The average Bonchev–Trinajstić information content (AvgIpc) is 2.54. The van der Waals surface area contributed by atoms with E-state index in [1.165, 1.54) is 9.75 Å². The van der Waals surface area contributed by atoms with E-state index in [0.717, 1.165) is 5.56 Å². The smallest absolute Gasteiger partial charge is 0.307 e. The highest BCUT2D eigenvalue weighted by Crippen LogP contribution is 2.35. The molecule has 0 aliphatic heterocycles. The molecular formula is C14H19NO3S. The third kappa shape index (κ3) is 2.81. The van der Waals surface area contributed by atoms with Gasteiger partial charge in [-0.05, 0) is 45.2 Å². The fourth-order valence-corrected chi connectivity index (χ4v) is 3.61. The Balaban J connectivity index is 1.99. The van der Waals surface area contributed by atoms with Crippen LogP contribution in [-0.2, 0) is 9.59 Å². The van der Waals surface area contributed by atoms with E-state index in [4.69, 9.17) is 5.11 Å².